The quantitative estimate of drug-likeness (QED) is 0.498. The summed E-state index contributed by atoms with van der Waals surface area (Å²) < 4.78 is 7.10. The van der Waals surface area contributed by atoms with Crippen LogP contribution < -0.4 is 10.1 Å². The number of thiophene rings is 1. The second-order valence-corrected chi connectivity index (χ2v) is 10.7. The van der Waals surface area contributed by atoms with Crippen molar-refractivity contribution in [1.82, 2.24) is 20.0 Å². The van der Waals surface area contributed by atoms with E-state index >= 15 is 0 Å². The van der Waals surface area contributed by atoms with E-state index in [9.17, 15) is 9.59 Å². The van der Waals surface area contributed by atoms with Crippen LogP contribution in [0.5, 0.6) is 5.75 Å². The van der Waals surface area contributed by atoms with Gasteiger partial charge in [0.1, 0.15) is 22.7 Å². The lowest BCUT2D eigenvalue weighted by Crippen LogP contribution is -2.64. The highest BCUT2D eigenvalue weighted by Gasteiger charge is 2.48. The summed E-state index contributed by atoms with van der Waals surface area (Å²) in [6.45, 7) is 2.48. The van der Waals surface area contributed by atoms with Gasteiger partial charge < -0.3 is 15.0 Å². The molecular weight excluding hydrogens is 460 g/mol. The van der Waals surface area contributed by atoms with Gasteiger partial charge in [0.15, 0.2) is 0 Å². The maximum Gasteiger partial charge on any atom is 0.273 e. The Morgan fingerprint density at radius 3 is 2.69 bits per heavy atom. The van der Waals surface area contributed by atoms with Gasteiger partial charge in [-0.2, -0.15) is 5.10 Å². The average molecular weight is 493 g/mol. The summed E-state index contributed by atoms with van der Waals surface area (Å²) in [6, 6.07) is 13.6. The summed E-state index contributed by atoms with van der Waals surface area (Å²) in [7, 11) is 1.63. The molecule has 8 heteroatoms. The van der Waals surface area contributed by atoms with E-state index in [2.05, 4.69) is 5.32 Å². The van der Waals surface area contributed by atoms with Crippen LogP contribution in [0.15, 0.2) is 47.8 Å². The third-order valence-corrected chi connectivity index (χ3v) is 8.12. The van der Waals surface area contributed by atoms with Crippen LogP contribution in [-0.2, 0) is 17.9 Å². The Morgan fingerprint density at radius 2 is 1.97 bits per heavy atom. The van der Waals surface area contributed by atoms with E-state index in [0.717, 1.165) is 47.6 Å². The molecule has 5 rings (SSSR count). The Labute approximate surface area is 210 Å². The second-order valence-electron chi connectivity index (χ2n) is 9.73. The van der Waals surface area contributed by atoms with Crippen molar-refractivity contribution in [3.8, 4) is 16.3 Å². The van der Waals surface area contributed by atoms with Crippen LogP contribution in [0.4, 0.5) is 0 Å². The lowest BCUT2D eigenvalue weighted by molar-refractivity contribution is -0.134. The molecule has 184 valence electrons. The summed E-state index contributed by atoms with van der Waals surface area (Å²) >= 11 is 1.59. The van der Waals surface area contributed by atoms with E-state index in [1.165, 1.54) is 12.8 Å². The molecule has 1 atom stereocenters. The number of hydrogen-bond acceptors (Lipinski definition) is 5. The molecule has 1 saturated carbocycles. The first-order chi connectivity index (χ1) is 17.0. The lowest BCUT2D eigenvalue weighted by Gasteiger charge is -2.44. The summed E-state index contributed by atoms with van der Waals surface area (Å²) in [5.41, 5.74) is 1.12. The third kappa shape index (κ3) is 4.72. The number of methoxy groups -OCH3 is 1. The predicted molar refractivity (Wildman–Crippen MR) is 136 cm³/mol. The average Bonchev–Trinajstić information content (AvgIpc) is 3.47. The van der Waals surface area contributed by atoms with Gasteiger partial charge in [-0.1, -0.05) is 43.9 Å². The van der Waals surface area contributed by atoms with E-state index in [-0.39, 0.29) is 17.9 Å². The first kappa shape index (κ1) is 23.6. The van der Waals surface area contributed by atoms with Gasteiger partial charge in [-0.25, -0.2) is 0 Å². The predicted octanol–water partition coefficient (Wildman–Crippen LogP) is 4.87. The van der Waals surface area contributed by atoms with Crippen molar-refractivity contribution < 1.29 is 14.3 Å². The standard InChI is InChI=1S/C27H32N4O3S/c1-27(26(33)28-20-10-5-3-4-6-11-20)18-31-23(16-22(29-31)24-13-8-14-35-24)25(32)30(27)17-19-9-7-12-21(15-19)34-2/h7-9,12-16,20H,3-6,10-11,17-18H2,1-2H3,(H,28,33). The number of fused-ring (bicyclic) bond motifs is 1. The zero-order chi connectivity index (χ0) is 24.4. The summed E-state index contributed by atoms with van der Waals surface area (Å²) in [5.74, 6) is 0.425. The summed E-state index contributed by atoms with van der Waals surface area (Å²) in [6.07, 6.45) is 6.66. The van der Waals surface area contributed by atoms with Gasteiger partial charge in [-0.3, -0.25) is 14.3 Å². The molecule has 3 heterocycles. The number of carbonyl (C=O) groups is 2. The van der Waals surface area contributed by atoms with Crippen LogP contribution in [0.2, 0.25) is 0 Å². The van der Waals surface area contributed by atoms with Crippen molar-refractivity contribution in [2.45, 2.75) is 70.1 Å². The molecule has 3 aromatic rings. The highest BCUT2D eigenvalue weighted by atomic mass is 32.1. The maximum atomic E-state index is 13.9. The molecule has 0 spiro atoms. The Kier molecular flexibility index (Phi) is 6.65. The van der Waals surface area contributed by atoms with Gasteiger partial charge in [0.25, 0.3) is 5.91 Å². The van der Waals surface area contributed by atoms with Gasteiger partial charge in [0.2, 0.25) is 5.91 Å². The Bertz CT molecular complexity index is 1200. The Morgan fingerprint density at radius 1 is 1.17 bits per heavy atom. The van der Waals surface area contributed by atoms with Crippen molar-refractivity contribution in [3.05, 3.63) is 59.1 Å². The van der Waals surface area contributed by atoms with Crippen molar-refractivity contribution in [2.24, 2.45) is 0 Å². The van der Waals surface area contributed by atoms with Crippen LogP contribution in [0, 0.1) is 0 Å². The summed E-state index contributed by atoms with van der Waals surface area (Å²) in [5, 5.41) is 10.0. The largest absolute Gasteiger partial charge is 0.497 e. The fourth-order valence-corrected chi connectivity index (χ4v) is 5.83. The van der Waals surface area contributed by atoms with E-state index in [0.29, 0.717) is 18.8 Å². The number of aromatic nitrogens is 2. The first-order valence-corrected chi connectivity index (χ1v) is 13.2. The minimum Gasteiger partial charge on any atom is -0.497 e. The Hall–Kier alpha value is -3.13. The molecule has 2 amide bonds. The zero-order valence-corrected chi connectivity index (χ0v) is 21.1. The normalized spacial score (nSPS) is 20.9. The van der Waals surface area contributed by atoms with Crippen molar-refractivity contribution in [1.29, 1.82) is 0 Å². The molecule has 0 bridgehead atoms. The minimum atomic E-state index is -1.07. The van der Waals surface area contributed by atoms with Gasteiger partial charge in [-0.05, 0) is 55.0 Å². The SMILES string of the molecule is COc1cccc(CN2C(=O)c3cc(-c4cccs4)nn3CC2(C)C(=O)NC2CCCCCC2)c1. The Balaban J connectivity index is 1.49. The fourth-order valence-electron chi connectivity index (χ4n) is 5.15. The number of amides is 2. The minimum absolute atomic E-state index is 0.112. The first-order valence-electron chi connectivity index (χ1n) is 12.4. The van der Waals surface area contributed by atoms with Crippen molar-refractivity contribution >= 4 is 23.2 Å². The van der Waals surface area contributed by atoms with Crippen LogP contribution in [-0.4, -0.2) is 45.2 Å². The van der Waals surface area contributed by atoms with Crippen LogP contribution in [0.3, 0.4) is 0 Å². The van der Waals surface area contributed by atoms with Gasteiger partial charge in [0, 0.05) is 12.6 Å². The van der Waals surface area contributed by atoms with E-state index in [1.807, 2.05) is 54.8 Å². The number of hydrogen-bond donors (Lipinski definition) is 1. The number of rotatable bonds is 6. The molecule has 1 aliphatic heterocycles. The number of benzene rings is 1. The topological polar surface area (TPSA) is 76.5 Å². The molecule has 0 saturated heterocycles. The number of nitrogens with zero attached hydrogens (tertiary/aromatic N) is 3. The van der Waals surface area contributed by atoms with Gasteiger partial charge in [-0.15, -0.1) is 11.3 Å². The molecule has 1 unspecified atom stereocenters. The molecular formula is C27H32N4O3S. The molecule has 0 radical (unpaired) electrons. The monoisotopic (exact) mass is 492 g/mol. The van der Waals surface area contributed by atoms with E-state index < -0.39 is 5.54 Å². The van der Waals surface area contributed by atoms with E-state index in [4.69, 9.17) is 9.84 Å². The molecule has 1 aliphatic carbocycles. The lowest BCUT2D eigenvalue weighted by atomic mass is 9.93. The number of ether oxygens (including phenoxy) is 1. The third-order valence-electron chi connectivity index (χ3n) is 7.23. The molecule has 1 aromatic carbocycles. The van der Waals surface area contributed by atoms with Gasteiger partial charge in [0.05, 0.1) is 18.5 Å². The molecule has 35 heavy (non-hydrogen) atoms. The molecule has 2 aliphatic rings. The van der Waals surface area contributed by atoms with Crippen molar-refractivity contribution in [3.63, 3.8) is 0 Å². The number of nitrogens with one attached hydrogen (secondary N) is 1. The van der Waals surface area contributed by atoms with Crippen LogP contribution in [0.25, 0.3) is 10.6 Å². The highest BCUT2D eigenvalue weighted by molar-refractivity contribution is 7.13. The molecule has 7 nitrogen and oxygen atoms in total. The highest BCUT2D eigenvalue weighted by Crippen LogP contribution is 2.33. The molecule has 1 N–H and O–H groups in total. The van der Waals surface area contributed by atoms with Gasteiger partial charge >= 0.3 is 0 Å². The van der Waals surface area contributed by atoms with E-state index in [1.54, 1.807) is 28.0 Å². The maximum absolute atomic E-state index is 13.9. The zero-order valence-electron chi connectivity index (χ0n) is 20.3. The molecule has 1 fully saturated rings. The fraction of sp³-hybridized carbons (Fsp3) is 0.444. The van der Waals surface area contributed by atoms with Crippen molar-refractivity contribution in [2.75, 3.05) is 7.11 Å². The number of carbonyl (C=O) groups excluding carboxylic acids is 2. The van der Waals surface area contributed by atoms with Crippen LogP contribution in [0.1, 0.15) is 61.5 Å². The molecule has 2 aromatic heterocycles. The second kappa shape index (κ2) is 9.85. The van der Waals surface area contributed by atoms with Crippen LogP contribution >= 0.6 is 11.3 Å². The smallest absolute Gasteiger partial charge is 0.273 e. The summed E-state index contributed by atoms with van der Waals surface area (Å²) in [4.78, 5) is 30.4.